The Kier molecular flexibility index (Phi) is 9.78. The fraction of sp³-hybridized carbons (Fsp3) is 0.762. The van der Waals surface area contributed by atoms with Crippen molar-refractivity contribution in [3.05, 3.63) is 0 Å². The molecule has 2 aliphatic rings. The van der Waals surface area contributed by atoms with Crippen molar-refractivity contribution in [2.75, 3.05) is 6.61 Å². The fourth-order valence-corrected chi connectivity index (χ4v) is 6.13. The molecule has 11 heteroatoms. The van der Waals surface area contributed by atoms with Gasteiger partial charge in [0.2, 0.25) is 15.9 Å². The minimum Gasteiger partial charge on any atom is -0.466 e. The second-order valence-electron chi connectivity index (χ2n) is 8.46. The van der Waals surface area contributed by atoms with Gasteiger partial charge in [-0.1, -0.05) is 18.8 Å². The number of rotatable bonds is 9. The molecule has 0 bridgehead atoms. The molecule has 2 aliphatic carbocycles. The van der Waals surface area contributed by atoms with Crippen molar-refractivity contribution < 1.29 is 22.7 Å². The number of aliphatic imine (C=N–C) groups is 1. The summed E-state index contributed by atoms with van der Waals surface area (Å²) in [5.41, 5.74) is 10.9. The van der Waals surface area contributed by atoms with Gasteiger partial charge in [-0.15, -0.1) is 6.42 Å². The van der Waals surface area contributed by atoms with E-state index in [1.54, 1.807) is 6.92 Å². The molecule has 10 nitrogen and oxygen atoms in total. The second kappa shape index (κ2) is 12.1. The Balaban J connectivity index is 1.93. The van der Waals surface area contributed by atoms with Crippen molar-refractivity contribution in [2.45, 2.75) is 88.1 Å². The number of amides is 1. The number of terminal acetylenes is 1. The minimum atomic E-state index is -3.77. The molecule has 2 saturated carbocycles. The zero-order valence-electron chi connectivity index (χ0n) is 18.6. The molecule has 0 aromatic carbocycles. The van der Waals surface area contributed by atoms with E-state index in [1.165, 1.54) is 0 Å². The van der Waals surface area contributed by atoms with Crippen LogP contribution in [0, 0.1) is 18.3 Å². The number of sulfonamides is 1. The lowest BCUT2D eigenvalue weighted by Crippen LogP contribution is -2.48. The predicted octanol–water partition coefficient (Wildman–Crippen LogP) is 0.120. The number of ether oxygens (including phenoxy) is 1. The van der Waals surface area contributed by atoms with Gasteiger partial charge in [0, 0.05) is 12.0 Å². The molecule has 0 aromatic rings. The summed E-state index contributed by atoms with van der Waals surface area (Å²) in [6.07, 6.45) is 10.4. The molecule has 0 saturated heterocycles. The summed E-state index contributed by atoms with van der Waals surface area (Å²) in [6.45, 7) is 1.86. The molecule has 0 radical (unpaired) electrons. The summed E-state index contributed by atoms with van der Waals surface area (Å²) in [4.78, 5) is 28.6. The third kappa shape index (κ3) is 7.98. The highest BCUT2D eigenvalue weighted by atomic mass is 32.2. The van der Waals surface area contributed by atoms with Gasteiger partial charge in [0.25, 0.3) is 0 Å². The number of hydrogen-bond donors (Lipinski definition) is 4. The van der Waals surface area contributed by atoms with Crippen LogP contribution in [0.25, 0.3) is 0 Å². The molecule has 0 spiro atoms. The Morgan fingerprint density at radius 3 is 2.56 bits per heavy atom. The maximum absolute atomic E-state index is 12.9. The standard InChI is InChI=1S/C21H35N5O5S/c1-3-15(13-19(27)31-4-2)26-32(29,30)18-10-6-9-17(12-18)24-20(28)14-7-5-8-16(11-14)25-21(22)23/h1,14-18,26H,4-13H2,2H3,(H,24,28)(H4,22,23,25). The van der Waals surface area contributed by atoms with Gasteiger partial charge in [0.1, 0.15) is 0 Å². The monoisotopic (exact) mass is 469 g/mol. The number of nitrogens with two attached hydrogens (primary N) is 2. The first-order chi connectivity index (χ1) is 15.1. The van der Waals surface area contributed by atoms with E-state index in [0.717, 1.165) is 19.3 Å². The zero-order valence-corrected chi connectivity index (χ0v) is 19.4. The van der Waals surface area contributed by atoms with Crippen LogP contribution in [0.15, 0.2) is 4.99 Å². The lowest BCUT2D eigenvalue weighted by Gasteiger charge is -2.32. The van der Waals surface area contributed by atoms with Crippen LogP contribution in [0.5, 0.6) is 0 Å². The van der Waals surface area contributed by atoms with Gasteiger partial charge in [0.15, 0.2) is 5.96 Å². The highest BCUT2D eigenvalue weighted by Gasteiger charge is 2.35. The second-order valence-corrected chi connectivity index (χ2v) is 10.4. The molecule has 32 heavy (non-hydrogen) atoms. The predicted molar refractivity (Wildman–Crippen MR) is 122 cm³/mol. The first-order valence-corrected chi connectivity index (χ1v) is 12.7. The number of hydrogen-bond acceptors (Lipinski definition) is 6. The van der Waals surface area contributed by atoms with Crippen LogP contribution in [-0.2, 0) is 24.3 Å². The molecule has 5 atom stereocenters. The van der Waals surface area contributed by atoms with E-state index in [-0.39, 0.29) is 42.9 Å². The molecule has 2 fully saturated rings. The molecule has 1 amide bonds. The van der Waals surface area contributed by atoms with Gasteiger partial charge < -0.3 is 21.5 Å². The summed E-state index contributed by atoms with van der Waals surface area (Å²) in [6, 6.07) is -1.27. The van der Waals surface area contributed by atoms with E-state index in [4.69, 9.17) is 22.6 Å². The molecule has 180 valence electrons. The largest absolute Gasteiger partial charge is 0.466 e. The first kappa shape index (κ1) is 25.9. The maximum atomic E-state index is 12.9. The summed E-state index contributed by atoms with van der Waals surface area (Å²) < 4.78 is 33.0. The Hall–Kier alpha value is -2.32. The van der Waals surface area contributed by atoms with Gasteiger partial charge in [0.05, 0.1) is 30.4 Å². The lowest BCUT2D eigenvalue weighted by molar-refractivity contribution is -0.143. The van der Waals surface area contributed by atoms with E-state index >= 15 is 0 Å². The molecular formula is C21H35N5O5S. The Morgan fingerprint density at radius 2 is 1.91 bits per heavy atom. The third-order valence-corrected chi connectivity index (χ3v) is 7.86. The minimum absolute atomic E-state index is 0.0251. The molecule has 0 aliphatic heterocycles. The quantitative estimate of drug-likeness (QED) is 0.161. The number of nitrogens with zero attached hydrogens (tertiary/aromatic N) is 1. The first-order valence-electron chi connectivity index (χ1n) is 11.2. The van der Waals surface area contributed by atoms with Crippen molar-refractivity contribution in [1.29, 1.82) is 0 Å². The Labute approximate surface area is 190 Å². The SMILES string of the molecule is C#CC(CC(=O)OCC)NS(=O)(=O)C1CCCC(NC(=O)C2CCCC(N=C(N)N)C2)C1. The van der Waals surface area contributed by atoms with Gasteiger partial charge in [-0.25, -0.2) is 8.42 Å². The smallest absolute Gasteiger partial charge is 0.308 e. The topological polar surface area (TPSA) is 166 Å². The van der Waals surface area contributed by atoms with E-state index in [9.17, 15) is 18.0 Å². The average molecular weight is 470 g/mol. The van der Waals surface area contributed by atoms with Crippen LogP contribution in [0.3, 0.4) is 0 Å². The van der Waals surface area contributed by atoms with E-state index in [2.05, 4.69) is 21.0 Å². The van der Waals surface area contributed by atoms with Crippen LogP contribution in [0.4, 0.5) is 0 Å². The highest BCUT2D eigenvalue weighted by Crippen LogP contribution is 2.28. The normalized spacial score (nSPS) is 26.9. The molecule has 5 unspecified atom stereocenters. The summed E-state index contributed by atoms with van der Waals surface area (Å²) in [5.74, 6) is 1.49. The van der Waals surface area contributed by atoms with Crippen molar-refractivity contribution in [1.82, 2.24) is 10.0 Å². The summed E-state index contributed by atoms with van der Waals surface area (Å²) >= 11 is 0. The van der Waals surface area contributed by atoms with Gasteiger partial charge in [-0.05, 0) is 45.4 Å². The number of carbonyl (C=O) groups is 2. The molecule has 2 rings (SSSR count). The Bertz CT molecular complexity index is 834. The number of esters is 1. The highest BCUT2D eigenvalue weighted by molar-refractivity contribution is 7.90. The molecule has 0 heterocycles. The van der Waals surface area contributed by atoms with Crippen LogP contribution in [0.1, 0.15) is 64.7 Å². The third-order valence-electron chi connectivity index (χ3n) is 5.94. The maximum Gasteiger partial charge on any atom is 0.308 e. The van der Waals surface area contributed by atoms with Crippen LogP contribution in [0.2, 0.25) is 0 Å². The molecule has 6 N–H and O–H groups in total. The van der Waals surface area contributed by atoms with Crippen molar-refractivity contribution in [2.24, 2.45) is 22.4 Å². The van der Waals surface area contributed by atoms with E-state index < -0.39 is 27.3 Å². The number of nitrogens with one attached hydrogen (secondary N) is 2. The van der Waals surface area contributed by atoms with Crippen LogP contribution >= 0.6 is 0 Å². The van der Waals surface area contributed by atoms with E-state index in [1.807, 2.05) is 0 Å². The summed E-state index contributed by atoms with van der Waals surface area (Å²) in [7, 11) is -3.77. The Morgan fingerprint density at radius 1 is 1.19 bits per heavy atom. The van der Waals surface area contributed by atoms with Crippen LogP contribution < -0.4 is 21.5 Å². The molecular weight excluding hydrogens is 434 g/mol. The summed E-state index contributed by atoms with van der Waals surface area (Å²) in [5, 5.41) is 2.33. The van der Waals surface area contributed by atoms with E-state index in [0.29, 0.717) is 32.1 Å². The number of guanidine groups is 1. The average Bonchev–Trinajstić information content (AvgIpc) is 2.73. The number of carbonyl (C=O) groups excluding carboxylic acids is 2. The van der Waals surface area contributed by atoms with Crippen molar-refractivity contribution >= 4 is 27.9 Å². The van der Waals surface area contributed by atoms with Crippen molar-refractivity contribution in [3.63, 3.8) is 0 Å². The van der Waals surface area contributed by atoms with Crippen molar-refractivity contribution in [3.8, 4) is 12.3 Å². The van der Waals surface area contributed by atoms with Gasteiger partial charge in [-0.2, -0.15) is 4.72 Å². The fourth-order valence-electron chi connectivity index (χ4n) is 4.42. The van der Waals surface area contributed by atoms with Gasteiger partial charge in [-0.3, -0.25) is 14.6 Å². The van der Waals surface area contributed by atoms with Gasteiger partial charge >= 0.3 is 5.97 Å². The zero-order chi connectivity index (χ0) is 23.7. The molecule has 0 aromatic heterocycles. The van der Waals surface area contributed by atoms with Crippen LogP contribution in [-0.4, -0.2) is 56.2 Å². The lowest BCUT2D eigenvalue weighted by atomic mass is 9.84.